The lowest BCUT2D eigenvalue weighted by Gasteiger charge is -2.01. The van der Waals surface area contributed by atoms with Crippen molar-refractivity contribution in [2.75, 3.05) is 11.1 Å². The van der Waals surface area contributed by atoms with Crippen LogP contribution in [0.25, 0.3) is 0 Å². The van der Waals surface area contributed by atoms with Crippen LogP contribution in [0.2, 0.25) is 0 Å². The Hall–Kier alpha value is -1.34. The molecule has 2 aromatic rings. The summed E-state index contributed by atoms with van der Waals surface area (Å²) in [4.78, 5) is 16.1. The van der Waals surface area contributed by atoms with Gasteiger partial charge >= 0.3 is 0 Å². The molecule has 0 spiro atoms. The average molecular weight is 310 g/mol. The number of nitrogens with zero attached hydrogens (tertiary/aromatic N) is 2. The van der Waals surface area contributed by atoms with E-state index in [0.717, 1.165) is 34.3 Å². The number of carbonyl (C=O) groups excluding carboxylic acids is 1. The number of carbonyl (C=O) groups is 1. The zero-order valence-electron chi connectivity index (χ0n) is 11.6. The van der Waals surface area contributed by atoms with E-state index in [4.69, 9.17) is 0 Å². The lowest BCUT2D eigenvalue weighted by atomic mass is 10.3. The van der Waals surface area contributed by atoms with Gasteiger partial charge in [-0.15, -0.1) is 11.3 Å². The molecule has 1 amide bonds. The summed E-state index contributed by atoms with van der Waals surface area (Å²) in [5.74, 6) is 2.25. The van der Waals surface area contributed by atoms with Crippen LogP contribution in [0, 0.1) is 6.92 Å². The van der Waals surface area contributed by atoms with Gasteiger partial charge in [0.2, 0.25) is 5.91 Å². The van der Waals surface area contributed by atoms with Crippen LogP contribution in [-0.4, -0.2) is 26.8 Å². The number of rotatable bonds is 7. The summed E-state index contributed by atoms with van der Waals surface area (Å²) in [5.41, 5.74) is 2.12. The summed E-state index contributed by atoms with van der Waals surface area (Å²) < 4.78 is 0. The number of anilines is 1. The minimum atomic E-state index is 0.00103. The molecular formula is C13H18N4OS2. The lowest BCUT2D eigenvalue weighted by molar-refractivity contribution is -0.115. The van der Waals surface area contributed by atoms with E-state index in [2.05, 4.69) is 25.9 Å². The number of aromatic nitrogens is 3. The molecule has 108 valence electrons. The first-order valence-corrected chi connectivity index (χ1v) is 8.53. The summed E-state index contributed by atoms with van der Waals surface area (Å²) >= 11 is 3.38. The summed E-state index contributed by atoms with van der Waals surface area (Å²) in [5, 5.41) is 12.9. The maximum atomic E-state index is 11.7. The van der Waals surface area contributed by atoms with Crippen LogP contribution >= 0.6 is 23.1 Å². The second-order valence-electron chi connectivity index (χ2n) is 4.34. The molecule has 0 saturated heterocycles. The van der Waals surface area contributed by atoms with E-state index in [0.29, 0.717) is 12.2 Å². The number of thiazole rings is 1. The van der Waals surface area contributed by atoms with Crippen LogP contribution in [-0.2, 0) is 17.0 Å². The van der Waals surface area contributed by atoms with Crippen LogP contribution in [0.5, 0.6) is 0 Å². The van der Waals surface area contributed by atoms with E-state index < -0.39 is 0 Å². The number of H-pyrrole nitrogens is 1. The molecule has 20 heavy (non-hydrogen) atoms. The van der Waals surface area contributed by atoms with Crippen molar-refractivity contribution in [2.45, 2.75) is 32.4 Å². The third-order valence-electron chi connectivity index (χ3n) is 2.67. The van der Waals surface area contributed by atoms with Crippen molar-refractivity contribution in [1.82, 2.24) is 15.2 Å². The van der Waals surface area contributed by atoms with Crippen LogP contribution < -0.4 is 5.32 Å². The zero-order chi connectivity index (χ0) is 14.4. The predicted molar refractivity (Wildman–Crippen MR) is 84.2 cm³/mol. The first-order chi connectivity index (χ1) is 9.67. The Morgan fingerprint density at radius 2 is 2.40 bits per heavy atom. The number of amides is 1. The second-order valence-corrected chi connectivity index (χ2v) is 6.51. The van der Waals surface area contributed by atoms with Crippen molar-refractivity contribution in [3.8, 4) is 0 Å². The fourth-order valence-electron chi connectivity index (χ4n) is 1.63. The number of thioether (sulfide) groups is 1. The molecular weight excluding hydrogens is 292 g/mol. The molecule has 0 radical (unpaired) electrons. The molecule has 2 rings (SSSR count). The second kappa shape index (κ2) is 7.44. The van der Waals surface area contributed by atoms with E-state index in [1.165, 1.54) is 0 Å². The fraction of sp³-hybridized carbons (Fsp3) is 0.462. The molecule has 0 bridgehead atoms. The fourth-order valence-corrected chi connectivity index (χ4v) is 3.18. The number of nitrogens with one attached hydrogen (secondary N) is 2. The van der Waals surface area contributed by atoms with E-state index in [-0.39, 0.29) is 5.91 Å². The monoisotopic (exact) mass is 310 g/mol. The van der Waals surface area contributed by atoms with Gasteiger partial charge in [-0.3, -0.25) is 9.89 Å². The number of hydrogen-bond donors (Lipinski definition) is 2. The Morgan fingerprint density at radius 3 is 3.05 bits per heavy atom. The summed E-state index contributed by atoms with van der Waals surface area (Å²) in [6, 6.07) is 1.86. The van der Waals surface area contributed by atoms with Crippen molar-refractivity contribution in [3.05, 3.63) is 27.8 Å². The van der Waals surface area contributed by atoms with Gasteiger partial charge in [0, 0.05) is 35.1 Å². The SMILES string of the molecule is CCc1cc(NC(=O)CCSCc2csc(C)n2)n[nH]1. The maximum absolute atomic E-state index is 11.7. The van der Waals surface area contributed by atoms with E-state index >= 15 is 0 Å². The molecule has 0 atom stereocenters. The Morgan fingerprint density at radius 1 is 1.55 bits per heavy atom. The summed E-state index contributed by atoms with van der Waals surface area (Å²) in [7, 11) is 0. The molecule has 0 saturated carbocycles. The van der Waals surface area contributed by atoms with E-state index in [1.807, 2.05) is 19.9 Å². The maximum Gasteiger partial charge on any atom is 0.226 e. The van der Waals surface area contributed by atoms with Gasteiger partial charge < -0.3 is 5.32 Å². The molecule has 0 aliphatic rings. The highest BCUT2D eigenvalue weighted by molar-refractivity contribution is 7.98. The van der Waals surface area contributed by atoms with Gasteiger partial charge in [0.1, 0.15) is 0 Å². The number of aromatic amines is 1. The predicted octanol–water partition coefficient (Wildman–Crippen LogP) is 3.00. The largest absolute Gasteiger partial charge is 0.309 e. The quantitative estimate of drug-likeness (QED) is 0.771. The lowest BCUT2D eigenvalue weighted by Crippen LogP contribution is -2.12. The van der Waals surface area contributed by atoms with Gasteiger partial charge in [-0.05, 0) is 13.3 Å². The molecule has 2 aromatic heterocycles. The van der Waals surface area contributed by atoms with Crippen molar-refractivity contribution < 1.29 is 4.79 Å². The smallest absolute Gasteiger partial charge is 0.226 e. The summed E-state index contributed by atoms with van der Waals surface area (Å²) in [6.07, 6.45) is 1.37. The van der Waals surface area contributed by atoms with E-state index in [9.17, 15) is 4.79 Å². The first-order valence-electron chi connectivity index (χ1n) is 6.50. The van der Waals surface area contributed by atoms with Crippen LogP contribution in [0.4, 0.5) is 5.82 Å². The third kappa shape index (κ3) is 4.64. The molecule has 7 heteroatoms. The average Bonchev–Trinajstić information content (AvgIpc) is 3.04. The Bertz CT molecular complexity index is 564. The van der Waals surface area contributed by atoms with Gasteiger partial charge in [0.15, 0.2) is 5.82 Å². The van der Waals surface area contributed by atoms with Crippen molar-refractivity contribution in [3.63, 3.8) is 0 Å². The minimum Gasteiger partial charge on any atom is -0.309 e. The van der Waals surface area contributed by atoms with Crippen molar-refractivity contribution >= 4 is 34.8 Å². The van der Waals surface area contributed by atoms with E-state index in [1.54, 1.807) is 23.1 Å². The Labute approximate surface area is 126 Å². The zero-order valence-corrected chi connectivity index (χ0v) is 13.2. The molecule has 2 heterocycles. The molecule has 2 N–H and O–H groups in total. The topological polar surface area (TPSA) is 70.7 Å². The molecule has 0 aromatic carbocycles. The van der Waals surface area contributed by atoms with Crippen LogP contribution in [0.3, 0.4) is 0 Å². The van der Waals surface area contributed by atoms with Gasteiger partial charge in [-0.25, -0.2) is 4.98 Å². The third-order valence-corrected chi connectivity index (χ3v) is 4.48. The summed E-state index contributed by atoms with van der Waals surface area (Å²) in [6.45, 7) is 4.04. The van der Waals surface area contributed by atoms with Crippen molar-refractivity contribution in [1.29, 1.82) is 0 Å². The molecule has 0 aliphatic heterocycles. The normalized spacial score (nSPS) is 10.7. The highest BCUT2D eigenvalue weighted by Crippen LogP contribution is 2.16. The first kappa shape index (κ1) is 15.1. The Kier molecular flexibility index (Phi) is 5.60. The highest BCUT2D eigenvalue weighted by Gasteiger charge is 2.06. The standard InChI is InChI=1S/C13H18N4OS2/c1-3-10-6-12(17-16-10)15-13(18)4-5-19-7-11-8-20-9(2)14-11/h6,8H,3-5,7H2,1-2H3,(H2,15,16,17,18). The van der Waals surface area contributed by atoms with Gasteiger partial charge in [0.25, 0.3) is 0 Å². The van der Waals surface area contributed by atoms with Crippen molar-refractivity contribution in [2.24, 2.45) is 0 Å². The van der Waals surface area contributed by atoms with Gasteiger partial charge in [0.05, 0.1) is 10.7 Å². The Balaban J connectivity index is 1.65. The number of aryl methyl sites for hydroxylation is 2. The van der Waals surface area contributed by atoms with Crippen LogP contribution in [0.15, 0.2) is 11.4 Å². The molecule has 0 unspecified atom stereocenters. The minimum absolute atomic E-state index is 0.00103. The molecule has 5 nitrogen and oxygen atoms in total. The number of hydrogen-bond acceptors (Lipinski definition) is 5. The molecule has 0 fully saturated rings. The highest BCUT2D eigenvalue weighted by atomic mass is 32.2. The van der Waals surface area contributed by atoms with Gasteiger partial charge in [-0.2, -0.15) is 16.9 Å². The van der Waals surface area contributed by atoms with Crippen LogP contribution in [0.1, 0.15) is 29.7 Å². The van der Waals surface area contributed by atoms with Gasteiger partial charge in [-0.1, -0.05) is 6.92 Å². The molecule has 0 aliphatic carbocycles.